The van der Waals surface area contributed by atoms with Crippen LogP contribution in [0, 0.1) is 0 Å². The highest BCUT2D eigenvalue weighted by atomic mass is 32.1. The van der Waals surface area contributed by atoms with E-state index in [0.29, 0.717) is 10.9 Å². The van der Waals surface area contributed by atoms with E-state index in [-0.39, 0.29) is 0 Å². The molecule has 0 amide bonds. The van der Waals surface area contributed by atoms with E-state index in [1.165, 1.54) is 11.3 Å². The third-order valence-electron chi connectivity index (χ3n) is 1.68. The molecule has 0 aliphatic heterocycles. The summed E-state index contributed by atoms with van der Waals surface area (Å²) in [5, 5.41) is 9.56. The Hall–Kier alpha value is -1.33. The number of aliphatic hydroxyl groups is 1. The number of hydrogen-bond donors (Lipinski definition) is 2. The van der Waals surface area contributed by atoms with Crippen molar-refractivity contribution in [3.05, 3.63) is 18.2 Å². The number of anilines is 1. The van der Waals surface area contributed by atoms with Crippen molar-refractivity contribution >= 4 is 26.7 Å². The largest absolute Gasteiger partial charge is 0.465 e. The fourth-order valence-corrected chi connectivity index (χ4v) is 1.96. The number of thiazole rings is 1. The quantitative estimate of drug-likeness (QED) is 0.739. The van der Waals surface area contributed by atoms with Crippen molar-refractivity contribution in [2.45, 2.75) is 13.2 Å². The van der Waals surface area contributed by atoms with Gasteiger partial charge in [0.15, 0.2) is 11.4 Å². The second-order valence-electron chi connectivity index (χ2n) is 2.90. The van der Waals surface area contributed by atoms with Gasteiger partial charge in [-0.05, 0) is 25.1 Å². The number of aliphatic hydroxyl groups excluding tert-OH is 1. The fourth-order valence-electron chi connectivity index (χ4n) is 1.19. The zero-order valence-electron chi connectivity index (χ0n) is 7.60. The van der Waals surface area contributed by atoms with E-state index in [9.17, 15) is 0 Å². The van der Waals surface area contributed by atoms with E-state index in [1.807, 2.05) is 12.1 Å². The van der Waals surface area contributed by atoms with E-state index in [1.54, 1.807) is 13.0 Å². The molecule has 0 fully saturated rings. The Morgan fingerprint density at radius 3 is 3.07 bits per heavy atom. The fraction of sp³-hybridized carbons (Fsp3) is 0.222. The molecule has 3 N–H and O–H groups in total. The van der Waals surface area contributed by atoms with Crippen molar-refractivity contribution < 1.29 is 9.84 Å². The van der Waals surface area contributed by atoms with Gasteiger partial charge < -0.3 is 15.6 Å². The van der Waals surface area contributed by atoms with Crippen LogP contribution in [0.5, 0.6) is 5.75 Å². The van der Waals surface area contributed by atoms with Gasteiger partial charge in [0.2, 0.25) is 0 Å². The Kier molecular flexibility index (Phi) is 2.26. The van der Waals surface area contributed by atoms with Crippen LogP contribution in [-0.4, -0.2) is 16.4 Å². The number of ether oxygens (including phenoxy) is 1. The first-order chi connectivity index (χ1) is 6.65. The SMILES string of the molecule is CC(O)Oc1ccc2nc(N)sc2c1. The normalized spacial score (nSPS) is 13.0. The van der Waals surface area contributed by atoms with Crippen LogP contribution < -0.4 is 10.5 Å². The van der Waals surface area contributed by atoms with Crippen LogP contribution in [0.4, 0.5) is 5.13 Å². The van der Waals surface area contributed by atoms with Gasteiger partial charge in [0.25, 0.3) is 0 Å². The van der Waals surface area contributed by atoms with Gasteiger partial charge in [-0.1, -0.05) is 11.3 Å². The molecule has 0 spiro atoms. The predicted molar refractivity (Wildman–Crippen MR) is 56.3 cm³/mol. The summed E-state index contributed by atoms with van der Waals surface area (Å²) in [6, 6.07) is 5.39. The average molecular weight is 210 g/mol. The number of hydrogen-bond acceptors (Lipinski definition) is 5. The molecule has 0 aliphatic carbocycles. The lowest BCUT2D eigenvalue weighted by molar-refractivity contribution is -0.000176. The average Bonchev–Trinajstić information content (AvgIpc) is 2.42. The summed E-state index contributed by atoms with van der Waals surface area (Å²) in [6.45, 7) is 1.56. The van der Waals surface area contributed by atoms with E-state index in [2.05, 4.69) is 4.98 Å². The van der Waals surface area contributed by atoms with Gasteiger partial charge in [0, 0.05) is 0 Å². The first kappa shape index (κ1) is 9.23. The Bertz CT molecular complexity index is 453. The Balaban J connectivity index is 2.40. The molecule has 0 saturated carbocycles. The van der Waals surface area contributed by atoms with Crippen molar-refractivity contribution in [1.82, 2.24) is 4.98 Å². The molecule has 1 aromatic carbocycles. The smallest absolute Gasteiger partial charge is 0.194 e. The number of fused-ring (bicyclic) bond motifs is 1. The van der Waals surface area contributed by atoms with E-state index < -0.39 is 6.29 Å². The summed E-state index contributed by atoms with van der Waals surface area (Å²) in [7, 11) is 0. The van der Waals surface area contributed by atoms with Crippen LogP contribution in [0.25, 0.3) is 10.2 Å². The van der Waals surface area contributed by atoms with Crippen LogP contribution in [-0.2, 0) is 0 Å². The molecule has 2 aromatic rings. The molecule has 0 radical (unpaired) electrons. The number of nitrogen functional groups attached to an aromatic ring is 1. The van der Waals surface area contributed by atoms with E-state index in [0.717, 1.165) is 10.2 Å². The topological polar surface area (TPSA) is 68.4 Å². The minimum atomic E-state index is -0.808. The van der Waals surface area contributed by atoms with Gasteiger partial charge in [-0.15, -0.1) is 0 Å². The van der Waals surface area contributed by atoms with Gasteiger partial charge in [-0.2, -0.15) is 0 Å². The standard InChI is InChI=1S/C9H10N2O2S/c1-5(12)13-6-2-3-7-8(4-6)14-9(10)11-7/h2-5,12H,1H3,(H2,10,11). The molecule has 1 atom stereocenters. The van der Waals surface area contributed by atoms with E-state index >= 15 is 0 Å². The van der Waals surface area contributed by atoms with Crippen LogP contribution in [0.3, 0.4) is 0 Å². The first-order valence-electron chi connectivity index (χ1n) is 4.16. The maximum atomic E-state index is 9.02. The summed E-state index contributed by atoms with van der Waals surface area (Å²) in [6.07, 6.45) is -0.808. The molecule has 1 heterocycles. The van der Waals surface area contributed by atoms with Gasteiger partial charge in [-0.25, -0.2) is 4.98 Å². The van der Waals surface area contributed by atoms with Crippen molar-refractivity contribution in [3.8, 4) is 5.75 Å². The molecular weight excluding hydrogens is 200 g/mol. The molecule has 0 aliphatic rings. The van der Waals surface area contributed by atoms with Gasteiger partial charge >= 0.3 is 0 Å². The van der Waals surface area contributed by atoms with Crippen LogP contribution in [0.1, 0.15) is 6.92 Å². The molecule has 0 saturated heterocycles. The van der Waals surface area contributed by atoms with Gasteiger partial charge in [0.05, 0.1) is 10.2 Å². The second-order valence-corrected chi connectivity index (χ2v) is 3.96. The minimum Gasteiger partial charge on any atom is -0.465 e. The van der Waals surface area contributed by atoms with Crippen molar-refractivity contribution in [2.75, 3.05) is 5.73 Å². The maximum Gasteiger partial charge on any atom is 0.194 e. The van der Waals surface area contributed by atoms with Crippen molar-refractivity contribution in [3.63, 3.8) is 0 Å². The molecule has 74 valence electrons. The number of nitrogens with two attached hydrogens (primary N) is 1. The molecule has 4 nitrogen and oxygen atoms in total. The van der Waals surface area contributed by atoms with Crippen LogP contribution in [0.2, 0.25) is 0 Å². The lowest BCUT2D eigenvalue weighted by atomic mass is 10.3. The van der Waals surface area contributed by atoms with E-state index in [4.69, 9.17) is 15.6 Å². The van der Waals surface area contributed by atoms with Gasteiger partial charge in [-0.3, -0.25) is 0 Å². The highest BCUT2D eigenvalue weighted by molar-refractivity contribution is 7.22. The van der Waals surface area contributed by atoms with Crippen LogP contribution in [0.15, 0.2) is 18.2 Å². The summed E-state index contributed by atoms with van der Waals surface area (Å²) in [5.41, 5.74) is 6.41. The number of rotatable bonds is 2. The zero-order chi connectivity index (χ0) is 10.1. The third-order valence-corrected chi connectivity index (χ3v) is 2.53. The summed E-state index contributed by atoms with van der Waals surface area (Å²) < 4.78 is 6.08. The molecule has 1 unspecified atom stereocenters. The molecule has 14 heavy (non-hydrogen) atoms. The predicted octanol–water partition coefficient (Wildman–Crippen LogP) is 1.60. The number of benzene rings is 1. The van der Waals surface area contributed by atoms with Crippen LogP contribution >= 0.6 is 11.3 Å². The maximum absolute atomic E-state index is 9.02. The minimum absolute atomic E-state index is 0.536. The summed E-state index contributed by atoms with van der Waals surface area (Å²) in [5.74, 6) is 0.621. The lowest BCUT2D eigenvalue weighted by Crippen LogP contribution is -2.09. The molecular formula is C9H10N2O2S. The molecule has 5 heteroatoms. The molecule has 1 aromatic heterocycles. The second kappa shape index (κ2) is 3.43. The first-order valence-corrected chi connectivity index (χ1v) is 4.97. The summed E-state index contributed by atoms with van der Waals surface area (Å²) >= 11 is 1.40. The number of aromatic nitrogens is 1. The monoisotopic (exact) mass is 210 g/mol. The lowest BCUT2D eigenvalue weighted by Gasteiger charge is -2.07. The zero-order valence-corrected chi connectivity index (χ0v) is 8.41. The molecule has 0 bridgehead atoms. The Morgan fingerprint density at radius 2 is 2.36 bits per heavy atom. The van der Waals surface area contributed by atoms with Crippen molar-refractivity contribution in [2.24, 2.45) is 0 Å². The van der Waals surface area contributed by atoms with Gasteiger partial charge in [0.1, 0.15) is 5.75 Å². The number of nitrogens with zero attached hydrogens (tertiary/aromatic N) is 1. The Labute approximate surface area is 85.0 Å². The van der Waals surface area contributed by atoms with Crippen molar-refractivity contribution in [1.29, 1.82) is 0 Å². The third kappa shape index (κ3) is 1.78. The molecule has 2 rings (SSSR count). The highest BCUT2D eigenvalue weighted by Crippen LogP contribution is 2.27. The highest BCUT2D eigenvalue weighted by Gasteiger charge is 2.04. The Morgan fingerprint density at radius 1 is 1.57 bits per heavy atom. The summed E-state index contributed by atoms with van der Waals surface area (Å²) in [4.78, 5) is 4.11.